The molecule has 0 bridgehead atoms. The topological polar surface area (TPSA) is 62.3 Å². The molecule has 1 aromatic carbocycles. The van der Waals surface area contributed by atoms with Crippen LogP contribution in [0.25, 0.3) is 0 Å². The molecule has 0 saturated heterocycles. The lowest BCUT2D eigenvalue weighted by Gasteiger charge is -2.20. The summed E-state index contributed by atoms with van der Waals surface area (Å²) in [6, 6.07) is 6.68. The Bertz CT molecular complexity index is 687. The Hall–Kier alpha value is -1.92. The fraction of sp³-hybridized carbons (Fsp3) is 0.267. The molecule has 1 heterocycles. The van der Waals surface area contributed by atoms with Gasteiger partial charge in [0.1, 0.15) is 6.54 Å². The van der Waals surface area contributed by atoms with Gasteiger partial charge in [-0.3, -0.25) is 9.59 Å². The number of aromatic nitrogens is 1. The minimum Gasteiger partial charge on any atom is -0.330 e. The van der Waals surface area contributed by atoms with Crippen LogP contribution in [0.5, 0.6) is 0 Å². The van der Waals surface area contributed by atoms with Crippen LogP contribution in [-0.4, -0.2) is 34.8 Å². The van der Waals surface area contributed by atoms with E-state index in [0.29, 0.717) is 22.3 Å². The molecule has 2 rings (SSSR count). The number of aryl methyl sites for hydroxylation is 1. The van der Waals surface area contributed by atoms with Gasteiger partial charge in [-0.2, -0.15) is 0 Å². The number of thiazole rings is 1. The van der Waals surface area contributed by atoms with Crippen molar-refractivity contribution in [2.75, 3.05) is 18.4 Å². The average Bonchev–Trinajstić information content (AvgIpc) is 2.89. The Morgan fingerprint density at radius 1 is 1.41 bits per heavy atom. The molecular formula is C15H16ClN3O2S. The minimum absolute atomic E-state index is 0.0273. The van der Waals surface area contributed by atoms with Gasteiger partial charge in [0.2, 0.25) is 5.91 Å². The third-order valence-electron chi connectivity index (χ3n) is 2.94. The van der Waals surface area contributed by atoms with Crippen LogP contribution in [0.1, 0.15) is 23.0 Å². The number of halogens is 1. The van der Waals surface area contributed by atoms with Gasteiger partial charge in [-0.05, 0) is 32.0 Å². The Kier molecular flexibility index (Phi) is 5.51. The number of carbonyl (C=O) groups is 2. The van der Waals surface area contributed by atoms with Crippen molar-refractivity contribution in [1.82, 2.24) is 9.88 Å². The molecule has 22 heavy (non-hydrogen) atoms. The highest BCUT2D eigenvalue weighted by molar-refractivity contribution is 7.13. The second kappa shape index (κ2) is 7.38. The molecule has 0 fully saturated rings. The van der Waals surface area contributed by atoms with Crippen LogP contribution in [0.2, 0.25) is 5.02 Å². The quantitative estimate of drug-likeness (QED) is 0.911. The van der Waals surface area contributed by atoms with E-state index >= 15 is 0 Å². The second-order valence-corrected chi connectivity index (χ2v) is 5.97. The van der Waals surface area contributed by atoms with E-state index in [2.05, 4.69) is 10.3 Å². The van der Waals surface area contributed by atoms with Crippen molar-refractivity contribution in [2.45, 2.75) is 13.8 Å². The number of nitrogens with one attached hydrogen (secondary N) is 1. The molecule has 0 aliphatic heterocycles. The zero-order valence-electron chi connectivity index (χ0n) is 12.3. The number of hydrogen-bond acceptors (Lipinski definition) is 4. The number of hydrogen-bond donors (Lipinski definition) is 1. The van der Waals surface area contributed by atoms with Crippen LogP contribution in [0.15, 0.2) is 29.6 Å². The van der Waals surface area contributed by atoms with Gasteiger partial charge < -0.3 is 10.2 Å². The molecule has 0 radical (unpaired) electrons. The van der Waals surface area contributed by atoms with Gasteiger partial charge in [0.15, 0.2) is 5.13 Å². The van der Waals surface area contributed by atoms with Crippen LogP contribution < -0.4 is 5.32 Å². The Labute approximate surface area is 137 Å². The lowest BCUT2D eigenvalue weighted by atomic mass is 10.2. The SMILES string of the molecule is CCN(CC(=O)Nc1nc(C)cs1)C(=O)c1cccc(Cl)c1. The molecule has 0 spiro atoms. The van der Waals surface area contributed by atoms with E-state index in [4.69, 9.17) is 11.6 Å². The third kappa shape index (κ3) is 4.29. The van der Waals surface area contributed by atoms with Crippen LogP contribution in [-0.2, 0) is 4.79 Å². The predicted molar refractivity (Wildman–Crippen MR) is 88.5 cm³/mol. The Balaban J connectivity index is 2.02. The molecule has 116 valence electrons. The minimum atomic E-state index is -0.272. The highest BCUT2D eigenvalue weighted by Gasteiger charge is 2.18. The van der Waals surface area contributed by atoms with Crippen molar-refractivity contribution in [3.63, 3.8) is 0 Å². The summed E-state index contributed by atoms with van der Waals surface area (Å²) >= 11 is 7.25. The van der Waals surface area contributed by atoms with Gasteiger partial charge in [-0.25, -0.2) is 4.98 Å². The molecule has 0 saturated carbocycles. The summed E-state index contributed by atoms with van der Waals surface area (Å²) in [6.45, 7) is 4.08. The number of nitrogens with zero attached hydrogens (tertiary/aromatic N) is 2. The summed E-state index contributed by atoms with van der Waals surface area (Å²) in [4.78, 5) is 30.0. The van der Waals surface area contributed by atoms with Crippen molar-refractivity contribution in [1.29, 1.82) is 0 Å². The van der Waals surface area contributed by atoms with Gasteiger partial charge in [-0.15, -0.1) is 11.3 Å². The Morgan fingerprint density at radius 3 is 2.77 bits per heavy atom. The van der Waals surface area contributed by atoms with Crippen LogP contribution in [0.4, 0.5) is 5.13 Å². The molecule has 5 nitrogen and oxygen atoms in total. The fourth-order valence-electron chi connectivity index (χ4n) is 1.87. The predicted octanol–water partition coefficient (Wildman–Crippen LogP) is 3.21. The molecule has 2 amide bonds. The highest BCUT2D eigenvalue weighted by atomic mass is 35.5. The summed E-state index contributed by atoms with van der Waals surface area (Å²) in [5, 5.41) is 5.57. The number of amides is 2. The smallest absolute Gasteiger partial charge is 0.254 e. The number of likely N-dealkylation sites (N-methyl/N-ethyl adjacent to an activating group) is 1. The van der Waals surface area contributed by atoms with E-state index < -0.39 is 0 Å². The first-order valence-electron chi connectivity index (χ1n) is 6.76. The van der Waals surface area contributed by atoms with Crippen molar-refractivity contribution in [3.05, 3.63) is 45.9 Å². The van der Waals surface area contributed by atoms with E-state index in [-0.39, 0.29) is 18.4 Å². The summed E-state index contributed by atoms with van der Waals surface area (Å²) in [6.07, 6.45) is 0. The van der Waals surface area contributed by atoms with E-state index in [9.17, 15) is 9.59 Å². The first kappa shape index (κ1) is 16.5. The number of rotatable bonds is 5. The standard InChI is InChI=1S/C15H16ClN3O2S/c1-3-19(14(21)11-5-4-6-12(16)7-11)8-13(20)18-15-17-10(2)9-22-15/h4-7,9H,3,8H2,1-2H3,(H,17,18,20). The van der Waals surface area contributed by atoms with Crippen LogP contribution in [0.3, 0.4) is 0 Å². The monoisotopic (exact) mass is 337 g/mol. The molecule has 2 aromatic rings. The van der Waals surface area contributed by atoms with E-state index in [1.807, 2.05) is 19.2 Å². The third-order valence-corrected chi connectivity index (χ3v) is 4.05. The van der Waals surface area contributed by atoms with Gasteiger partial charge in [0.05, 0.1) is 5.69 Å². The summed E-state index contributed by atoms with van der Waals surface area (Å²) in [5.74, 6) is -0.498. The molecule has 0 atom stereocenters. The van der Waals surface area contributed by atoms with E-state index in [0.717, 1.165) is 5.69 Å². The maximum atomic E-state index is 12.4. The molecule has 0 unspecified atom stereocenters. The van der Waals surface area contributed by atoms with Crippen molar-refractivity contribution in [3.8, 4) is 0 Å². The number of carbonyl (C=O) groups excluding carboxylic acids is 2. The maximum Gasteiger partial charge on any atom is 0.254 e. The number of benzene rings is 1. The molecule has 0 aliphatic carbocycles. The summed E-state index contributed by atoms with van der Waals surface area (Å²) in [7, 11) is 0. The first-order chi connectivity index (χ1) is 10.5. The normalized spacial score (nSPS) is 10.3. The van der Waals surface area contributed by atoms with Gasteiger partial charge in [0, 0.05) is 22.5 Å². The number of anilines is 1. The van der Waals surface area contributed by atoms with Gasteiger partial charge in [0.25, 0.3) is 5.91 Å². The summed E-state index contributed by atoms with van der Waals surface area (Å²) in [5.41, 5.74) is 1.31. The zero-order chi connectivity index (χ0) is 16.1. The second-order valence-electron chi connectivity index (χ2n) is 4.67. The van der Waals surface area contributed by atoms with Crippen molar-refractivity contribution >= 4 is 39.9 Å². The molecule has 7 heteroatoms. The fourth-order valence-corrected chi connectivity index (χ4v) is 2.77. The van der Waals surface area contributed by atoms with Gasteiger partial charge >= 0.3 is 0 Å². The lowest BCUT2D eigenvalue weighted by Crippen LogP contribution is -2.37. The maximum absolute atomic E-state index is 12.4. The summed E-state index contributed by atoms with van der Waals surface area (Å²) < 4.78 is 0. The van der Waals surface area contributed by atoms with Crippen molar-refractivity contribution in [2.24, 2.45) is 0 Å². The van der Waals surface area contributed by atoms with Crippen LogP contribution in [0, 0.1) is 6.92 Å². The highest BCUT2D eigenvalue weighted by Crippen LogP contribution is 2.15. The lowest BCUT2D eigenvalue weighted by molar-refractivity contribution is -0.116. The molecular weight excluding hydrogens is 322 g/mol. The first-order valence-corrected chi connectivity index (χ1v) is 8.02. The molecule has 1 aromatic heterocycles. The Morgan fingerprint density at radius 2 is 2.18 bits per heavy atom. The van der Waals surface area contributed by atoms with Gasteiger partial charge in [-0.1, -0.05) is 17.7 Å². The zero-order valence-corrected chi connectivity index (χ0v) is 13.9. The van der Waals surface area contributed by atoms with E-state index in [1.54, 1.807) is 24.3 Å². The van der Waals surface area contributed by atoms with Crippen molar-refractivity contribution < 1.29 is 9.59 Å². The molecule has 0 aliphatic rings. The largest absolute Gasteiger partial charge is 0.330 e. The molecule has 1 N–H and O–H groups in total. The van der Waals surface area contributed by atoms with E-state index in [1.165, 1.54) is 16.2 Å². The average molecular weight is 338 g/mol. The van der Waals surface area contributed by atoms with Crippen LogP contribution >= 0.6 is 22.9 Å².